The molecule has 0 aliphatic heterocycles. The number of rotatable bonds is 8. The number of imidazole rings is 1. The summed E-state index contributed by atoms with van der Waals surface area (Å²) in [6.45, 7) is 6.79. The maximum absolute atomic E-state index is 14.2. The van der Waals surface area contributed by atoms with Gasteiger partial charge in [0.15, 0.2) is 0 Å². The molecule has 300 valence electrons. The van der Waals surface area contributed by atoms with Crippen molar-refractivity contribution in [1.82, 2.24) is 35.7 Å². The number of aromatic nitrogens is 4. The van der Waals surface area contributed by atoms with Crippen molar-refractivity contribution in [1.29, 1.82) is 5.26 Å². The normalized spacial score (nSPS) is 15.7. The van der Waals surface area contributed by atoms with Crippen LogP contribution in [0, 0.1) is 39.0 Å². The van der Waals surface area contributed by atoms with Crippen LogP contribution in [-0.4, -0.2) is 51.4 Å². The first-order chi connectivity index (χ1) is 26.4. The number of carbonyl (C=O) groups is 2. The Morgan fingerprint density at radius 3 is 2.14 bits per heavy atom. The first kappa shape index (κ1) is 42.1. The highest BCUT2D eigenvalue weighted by molar-refractivity contribution is 7.89. The molecule has 2 amide bonds. The van der Waals surface area contributed by atoms with Gasteiger partial charge in [-0.3, -0.25) is 9.36 Å². The minimum Gasteiger partial charge on any atom is -0.353 e. The molecule has 2 heterocycles. The van der Waals surface area contributed by atoms with Crippen molar-refractivity contribution < 1.29 is 31.2 Å². The van der Waals surface area contributed by atoms with Crippen LogP contribution in [0.3, 0.4) is 0 Å². The van der Waals surface area contributed by atoms with Crippen molar-refractivity contribution in [3.8, 4) is 28.8 Å². The molecule has 1 aliphatic rings. The molecular weight excluding hydrogens is 764 g/mol. The Hall–Kier alpha value is -6.03. The van der Waals surface area contributed by atoms with Crippen LogP contribution in [0.4, 0.5) is 18.0 Å². The Labute approximate surface area is 326 Å². The van der Waals surface area contributed by atoms with E-state index >= 15 is 0 Å². The second-order valence-corrected chi connectivity index (χ2v) is 15.4. The fourth-order valence-electron chi connectivity index (χ4n) is 7.22. The average molecular weight is 806 g/mol. The van der Waals surface area contributed by atoms with Crippen LogP contribution in [0.2, 0.25) is 0 Å². The van der Waals surface area contributed by atoms with Crippen LogP contribution in [0.25, 0.3) is 22.8 Å². The van der Waals surface area contributed by atoms with Crippen LogP contribution in [0.5, 0.6) is 0 Å². The quantitative estimate of drug-likeness (QED) is 0.153. The summed E-state index contributed by atoms with van der Waals surface area (Å²) in [6, 6.07) is 14.3. The first-order valence-electron chi connectivity index (χ1n) is 17.7. The average Bonchev–Trinajstić information content (AvgIpc) is 3.73. The third kappa shape index (κ3) is 8.55. The number of halogens is 3. The van der Waals surface area contributed by atoms with Gasteiger partial charge in [-0.2, -0.15) is 23.5 Å². The Bertz CT molecular complexity index is 2560. The number of nitriles is 1. The van der Waals surface area contributed by atoms with Gasteiger partial charge in [0.05, 0.1) is 57.5 Å². The van der Waals surface area contributed by atoms with Crippen molar-refractivity contribution in [2.24, 2.45) is 5.14 Å². The van der Waals surface area contributed by atoms with Crippen LogP contribution in [0.1, 0.15) is 64.8 Å². The van der Waals surface area contributed by atoms with Gasteiger partial charge in [0.2, 0.25) is 15.9 Å². The lowest BCUT2D eigenvalue weighted by atomic mass is 9.91. The lowest BCUT2D eigenvalue weighted by Gasteiger charge is -2.30. The van der Waals surface area contributed by atoms with Gasteiger partial charge in [-0.05, 0) is 130 Å². The van der Waals surface area contributed by atoms with E-state index in [2.05, 4.69) is 15.7 Å². The zero-order valence-corrected chi connectivity index (χ0v) is 32.5. The number of amides is 2. The van der Waals surface area contributed by atoms with Gasteiger partial charge in [-0.15, -0.1) is 0 Å². The van der Waals surface area contributed by atoms with Gasteiger partial charge in [-0.25, -0.2) is 32.4 Å². The van der Waals surface area contributed by atoms with Crippen LogP contribution < -0.4 is 27.6 Å². The molecule has 0 unspecified atom stereocenters. The van der Waals surface area contributed by atoms with Crippen LogP contribution >= 0.6 is 0 Å². The zero-order valence-electron chi connectivity index (χ0n) is 31.6. The van der Waals surface area contributed by atoms with E-state index in [0.29, 0.717) is 53.8 Å². The van der Waals surface area contributed by atoms with Gasteiger partial charge >= 0.3 is 17.9 Å². The van der Waals surface area contributed by atoms with Gasteiger partial charge in [0.25, 0.3) is 0 Å². The Morgan fingerprint density at radius 1 is 0.912 bits per heavy atom. The maximum atomic E-state index is 14.2. The third-order valence-corrected chi connectivity index (χ3v) is 11.4. The van der Waals surface area contributed by atoms with E-state index in [1.165, 1.54) is 36.0 Å². The molecule has 14 nitrogen and oxygen atoms in total. The fourth-order valence-corrected chi connectivity index (χ4v) is 8.11. The smallest absolute Gasteiger partial charge is 0.353 e. The van der Waals surface area contributed by atoms with E-state index in [4.69, 9.17) is 5.14 Å². The van der Waals surface area contributed by atoms with Gasteiger partial charge in [-0.1, -0.05) is 6.07 Å². The molecule has 0 saturated heterocycles. The lowest BCUT2D eigenvalue weighted by Crippen LogP contribution is -2.47. The van der Waals surface area contributed by atoms with Crippen LogP contribution in [0.15, 0.2) is 76.6 Å². The van der Waals surface area contributed by atoms with Gasteiger partial charge < -0.3 is 16.8 Å². The monoisotopic (exact) mass is 805 g/mol. The molecule has 0 spiro atoms. The third-order valence-electron chi connectivity index (χ3n) is 10.4. The zero-order chi connectivity index (χ0) is 40.7. The Morgan fingerprint density at radius 2 is 1.54 bits per heavy atom. The number of hydrogen-bond donors (Lipinski definition) is 4. The van der Waals surface area contributed by atoms with Crippen molar-refractivity contribution in [2.75, 3.05) is 0 Å². The second-order valence-electron chi connectivity index (χ2n) is 13.9. The molecule has 3 aromatic carbocycles. The van der Waals surface area contributed by atoms with E-state index in [-0.39, 0.29) is 46.5 Å². The van der Waals surface area contributed by atoms with Crippen molar-refractivity contribution in [2.45, 2.75) is 83.0 Å². The highest BCUT2D eigenvalue weighted by Gasteiger charge is 2.33. The van der Waals surface area contributed by atoms with Crippen molar-refractivity contribution in [3.05, 3.63) is 116 Å². The van der Waals surface area contributed by atoms with Crippen LogP contribution in [-0.2, 0) is 27.4 Å². The van der Waals surface area contributed by atoms with Crippen molar-refractivity contribution >= 4 is 22.0 Å². The molecule has 5 aromatic rings. The molecule has 1 saturated carbocycles. The van der Waals surface area contributed by atoms with E-state index in [1.54, 1.807) is 44.2 Å². The molecular formula is C39H42F3N9O5S. The predicted molar refractivity (Wildman–Crippen MR) is 206 cm³/mol. The Kier molecular flexibility index (Phi) is 12.0. The molecule has 0 atom stereocenters. The summed E-state index contributed by atoms with van der Waals surface area (Å²) < 4.78 is 68.9. The number of carbonyl (C=O) groups excluding carboxylic acids is 2. The minimum absolute atomic E-state index is 0. The molecule has 1 fully saturated rings. The molecule has 7 N–H and O–H groups in total. The summed E-state index contributed by atoms with van der Waals surface area (Å²) >= 11 is 0. The number of hydrogen-bond acceptors (Lipinski definition) is 8. The summed E-state index contributed by atoms with van der Waals surface area (Å²) in [4.78, 5) is 41.4. The van der Waals surface area contributed by atoms with Gasteiger partial charge in [0, 0.05) is 12.1 Å². The summed E-state index contributed by atoms with van der Waals surface area (Å²) in [7, 11) is -4.00. The summed E-state index contributed by atoms with van der Waals surface area (Å²) in [6.07, 6.45) is -1.43. The number of benzene rings is 3. The second kappa shape index (κ2) is 16.2. The predicted octanol–water partition coefficient (Wildman–Crippen LogP) is 5.65. The molecule has 6 rings (SSSR count). The Balaban J connectivity index is 0.00000620. The molecule has 0 bridgehead atoms. The summed E-state index contributed by atoms with van der Waals surface area (Å²) in [5, 5.41) is 25.0. The van der Waals surface area contributed by atoms with Gasteiger partial charge in [0.1, 0.15) is 5.69 Å². The number of alkyl halides is 3. The van der Waals surface area contributed by atoms with E-state index in [9.17, 15) is 41.2 Å². The number of nitrogens with zero attached hydrogens (tertiary/aromatic N) is 5. The molecule has 2 aromatic heterocycles. The molecule has 1 aliphatic carbocycles. The van der Waals surface area contributed by atoms with E-state index < -0.39 is 39.5 Å². The fraction of sp³-hybridized carbons (Fsp3) is 0.308. The number of primary sulfonamides is 1. The summed E-state index contributed by atoms with van der Waals surface area (Å²) in [5.74, 6) is -0.300. The van der Waals surface area contributed by atoms with E-state index in [1.807, 2.05) is 13.0 Å². The number of nitrogens with one attached hydrogen (secondary N) is 2. The maximum Gasteiger partial charge on any atom is 0.416 e. The van der Waals surface area contributed by atoms with E-state index in [0.717, 1.165) is 32.4 Å². The first-order valence-corrected chi connectivity index (χ1v) is 19.2. The highest BCUT2D eigenvalue weighted by Crippen LogP contribution is 2.32. The lowest BCUT2D eigenvalue weighted by molar-refractivity contribution is -0.137. The standard InChI is InChI=1S/C39H39F3N8O5S.H3N/c1-22-23(2)27(18-34(24(22)3)56(44,54)55)19-35(51)46-29-10-12-30(13-11-29)47-37(52)49-36(33-16-17-45-50(33)31-14-8-26(21-43)9-15-31)25(4)48(38(49)53)32-7-5-6-28(20-32)39(40,41)42;/h5-9,14-18,20,29-30H,10-13,19H2,1-4H3,(H,46,51)(H,47,52)(H2,44,54,55);1H3. The summed E-state index contributed by atoms with van der Waals surface area (Å²) in [5.41, 5.74) is 2.13. The van der Waals surface area contributed by atoms with Crippen molar-refractivity contribution in [3.63, 3.8) is 0 Å². The number of sulfonamides is 1. The minimum atomic E-state index is -4.68. The largest absolute Gasteiger partial charge is 0.416 e. The SMILES string of the molecule is Cc1c(CC(=O)NC2CCC(NC(=O)n3c(-c4ccnn4-c4ccc(C#N)cc4)c(C)n(-c4cccc(C(F)(F)F)c4)c3=O)CC2)cc(S(N)(=O)=O)c(C)c1C.N. The molecule has 57 heavy (non-hydrogen) atoms. The molecule has 0 radical (unpaired) electrons. The molecule has 18 heteroatoms. The topological polar surface area (TPSA) is 222 Å². The number of nitrogens with two attached hydrogens (primary N) is 1. The highest BCUT2D eigenvalue weighted by atomic mass is 32.2.